The molecule has 0 aliphatic carbocycles. The van der Waals surface area contributed by atoms with E-state index in [0.717, 1.165) is 12.0 Å². The van der Waals surface area contributed by atoms with Crippen LogP contribution >= 0.6 is 11.3 Å². The van der Waals surface area contributed by atoms with Gasteiger partial charge in [-0.2, -0.15) is 11.3 Å². The lowest BCUT2D eigenvalue weighted by molar-refractivity contribution is -0.144. The Hall–Kier alpha value is -2.25. The molecule has 1 saturated heterocycles. The quantitative estimate of drug-likeness (QED) is 0.887. The van der Waals surface area contributed by atoms with Gasteiger partial charge in [0.15, 0.2) is 0 Å². The van der Waals surface area contributed by atoms with Gasteiger partial charge in [0.05, 0.1) is 5.56 Å². The number of carbonyl (C=O) groups excluding carboxylic acids is 1. The lowest BCUT2D eigenvalue weighted by atomic mass is 9.95. The first-order valence-electron chi connectivity index (χ1n) is 8.21. The molecule has 0 spiro atoms. The second-order valence-corrected chi connectivity index (χ2v) is 7.10. The highest BCUT2D eigenvalue weighted by Crippen LogP contribution is 2.25. The monoisotopic (exact) mass is 359 g/mol. The third-order valence-corrected chi connectivity index (χ3v) is 5.35. The van der Waals surface area contributed by atoms with Crippen LogP contribution in [0.25, 0.3) is 0 Å². The van der Waals surface area contributed by atoms with Crippen molar-refractivity contribution < 1.29 is 14.7 Å². The molecule has 1 N–H and O–H groups in total. The maximum atomic E-state index is 12.6. The van der Waals surface area contributed by atoms with E-state index in [2.05, 4.69) is 9.88 Å². The first-order valence-corrected chi connectivity index (χ1v) is 9.15. The molecule has 0 saturated carbocycles. The number of hydrogen-bond acceptors (Lipinski definition) is 5. The highest BCUT2D eigenvalue weighted by molar-refractivity contribution is 7.08. The molecule has 132 valence electrons. The van der Waals surface area contributed by atoms with Gasteiger partial charge >= 0.3 is 5.97 Å². The third kappa shape index (κ3) is 4.05. The number of thiophene rings is 1. The summed E-state index contributed by atoms with van der Waals surface area (Å²) in [6.45, 7) is 1.16. The molecule has 2 atom stereocenters. The molecule has 2 aromatic rings. The number of nitrogens with zero attached hydrogens (tertiary/aromatic N) is 3. The largest absolute Gasteiger partial charge is 0.480 e. The average molecular weight is 359 g/mol. The fourth-order valence-corrected chi connectivity index (χ4v) is 3.91. The summed E-state index contributed by atoms with van der Waals surface area (Å²) in [5.74, 6) is -1.13. The van der Waals surface area contributed by atoms with E-state index >= 15 is 0 Å². The van der Waals surface area contributed by atoms with E-state index in [-0.39, 0.29) is 11.9 Å². The standard InChI is InChI=1S/C18H21N3O3S/c1-20(11-13-3-2-6-19-10-13)15-4-7-21(16(9-15)18(23)24)17(22)14-5-8-25-12-14/h2-3,5-6,8,10,12,15-16H,4,7,9,11H2,1H3,(H,23,24). The van der Waals surface area contributed by atoms with Gasteiger partial charge in [0.1, 0.15) is 6.04 Å². The maximum Gasteiger partial charge on any atom is 0.326 e. The van der Waals surface area contributed by atoms with Gasteiger partial charge in [-0.15, -0.1) is 0 Å². The first-order chi connectivity index (χ1) is 12.1. The van der Waals surface area contributed by atoms with Crippen molar-refractivity contribution in [2.24, 2.45) is 0 Å². The minimum atomic E-state index is -0.942. The van der Waals surface area contributed by atoms with Crippen LogP contribution in [0.1, 0.15) is 28.8 Å². The molecule has 2 unspecified atom stereocenters. The van der Waals surface area contributed by atoms with Gasteiger partial charge < -0.3 is 10.0 Å². The van der Waals surface area contributed by atoms with E-state index in [1.165, 1.54) is 16.2 Å². The number of aromatic nitrogens is 1. The van der Waals surface area contributed by atoms with E-state index in [9.17, 15) is 14.7 Å². The van der Waals surface area contributed by atoms with Crippen molar-refractivity contribution in [3.05, 3.63) is 52.5 Å². The number of piperidine rings is 1. The number of carboxylic acids is 1. The molecule has 3 rings (SSSR count). The molecule has 1 fully saturated rings. The number of carboxylic acid groups (broad SMARTS) is 1. The summed E-state index contributed by atoms with van der Waals surface area (Å²) in [5, 5.41) is 13.2. The summed E-state index contributed by atoms with van der Waals surface area (Å²) in [7, 11) is 1.99. The molecule has 2 aromatic heterocycles. The van der Waals surface area contributed by atoms with Crippen LogP contribution in [-0.2, 0) is 11.3 Å². The summed E-state index contributed by atoms with van der Waals surface area (Å²) in [4.78, 5) is 32.1. The molecule has 7 heteroatoms. The lowest BCUT2D eigenvalue weighted by Gasteiger charge is -2.40. The molecule has 3 heterocycles. The van der Waals surface area contributed by atoms with E-state index < -0.39 is 12.0 Å². The number of rotatable bonds is 5. The summed E-state index contributed by atoms with van der Waals surface area (Å²) in [6.07, 6.45) is 4.75. The van der Waals surface area contributed by atoms with Gasteiger partial charge in [0, 0.05) is 36.9 Å². The lowest BCUT2D eigenvalue weighted by Crippen LogP contribution is -2.54. The fourth-order valence-electron chi connectivity index (χ4n) is 3.29. The van der Waals surface area contributed by atoms with Crippen LogP contribution in [0, 0.1) is 0 Å². The molecular weight excluding hydrogens is 338 g/mol. The summed E-state index contributed by atoms with van der Waals surface area (Å²) < 4.78 is 0. The van der Waals surface area contributed by atoms with Crippen LogP contribution in [0.15, 0.2) is 41.4 Å². The summed E-state index contributed by atoms with van der Waals surface area (Å²) in [5.41, 5.74) is 1.66. The van der Waals surface area contributed by atoms with Gasteiger partial charge in [-0.05, 0) is 43.0 Å². The number of aliphatic carboxylic acids is 1. The van der Waals surface area contributed by atoms with Crippen molar-refractivity contribution in [2.75, 3.05) is 13.6 Å². The minimum absolute atomic E-state index is 0.118. The number of hydrogen-bond donors (Lipinski definition) is 1. The zero-order chi connectivity index (χ0) is 17.8. The Bertz CT molecular complexity index is 720. The van der Waals surface area contributed by atoms with Crippen molar-refractivity contribution in [2.45, 2.75) is 31.5 Å². The molecule has 1 amide bonds. The second-order valence-electron chi connectivity index (χ2n) is 6.32. The highest BCUT2D eigenvalue weighted by atomic mass is 32.1. The Kier molecular flexibility index (Phi) is 5.45. The number of carbonyl (C=O) groups is 2. The van der Waals surface area contributed by atoms with Crippen LogP contribution in [0.2, 0.25) is 0 Å². The molecule has 25 heavy (non-hydrogen) atoms. The Morgan fingerprint density at radius 3 is 2.92 bits per heavy atom. The molecule has 0 radical (unpaired) electrons. The number of amides is 1. The van der Waals surface area contributed by atoms with Crippen molar-refractivity contribution in [1.82, 2.24) is 14.8 Å². The van der Waals surface area contributed by atoms with Crippen LogP contribution in [0.4, 0.5) is 0 Å². The number of pyridine rings is 1. The Morgan fingerprint density at radius 2 is 2.28 bits per heavy atom. The van der Waals surface area contributed by atoms with Crippen LogP contribution in [0.5, 0.6) is 0 Å². The van der Waals surface area contributed by atoms with Crippen LogP contribution < -0.4 is 0 Å². The first kappa shape index (κ1) is 17.6. The van der Waals surface area contributed by atoms with Gasteiger partial charge in [0.25, 0.3) is 5.91 Å². The van der Waals surface area contributed by atoms with Crippen molar-refractivity contribution in [3.63, 3.8) is 0 Å². The molecule has 0 bridgehead atoms. The predicted octanol–water partition coefficient (Wildman–Crippen LogP) is 2.33. The van der Waals surface area contributed by atoms with Crippen molar-refractivity contribution in [3.8, 4) is 0 Å². The van der Waals surface area contributed by atoms with Crippen molar-refractivity contribution in [1.29, 1.82) is 0 Å². The second kappa shape index (κ2) is 7.76. The molecular formula is C18H21N3O3S. The maximum absolute atomic E-state index is 12.6. The topological polar surface area (TPSA) is 73.7 Å². The predicted molar refractivity (Wildman–Crippen MR) is 95.5 cm³/mol. The van der Waals surface area contributed by atoms with E-state index in [1.54, 1.807) is 17.6 Å². The molecule has 1 aliphatic rings. The minimum Gasteiger partial charge on any atom is -0.480 e. The van der Waals surface area contributed by atoms with E-state index in [1.807, 2.05) is 30.8 Å². The SMILES string of the molecule is CN(Cc1cccnc1)C1CCN(C(=O)c2ccsc2)C(C(=O)O)C1. The van der Waals surface area contributed by atoms with Gasteiger partial charge in [0.2, 0.25) is 0 Å². The van der Waals surface area contributed by atoms with E-state index in [0.29, 0.717) is 25.1 Å². The number of likely N-dealkylation sites (tertiary alicyclic amines) is 1. The third-order valence-electron chi connectivity index (χ3n) is 4.67. The van der Waals surface area contributed by atoms with Gasteiger partial charge in [-0.3, -0.25) is 14.7 Å². The van der Waals surface area contributed by atoms with Crippen molar-refractivity contribution >= 4 is 23.2 Å². The summed E-state index contributed by atoms with van der Waals surface area (Å²) in [6, 6.07) is 4.97. The van der Waals surface area contributed by atoms with Gasteiger partial charge in [-0.1, -0.05) is 6.07 Å². The molecule has 0 aromatic carbocycles. The Morgan fingerprint density at radius 1 is 1.44 bits per heavy atom. The molecule has 6 nitrogen and oxygen atoms in total. The van der Waals surface area contributed by atoms with Crippen LogP contribution in [0.3, 0.4) is 0 Å². The average Bonchev–Trinajstić information content (AvgIpc) is 3.16. The van der Waals surface area contributed by atoms with Crippen LogP contribution in [-0.4, -0.2) is 57.4 Å². The fraction of sp³-hybridized carbons (Fsp3) is 0.389. The highest BCUT2D eigenvalue weighted by Gasteiger charge is 2.37. The van der Waals surface area contributed by atoms with Gasteiger partial charge in [-0.25, -0.2) is 4.79 Å². The van der Waals surface area contributed by atoms with E-state index in [4.69, 9.17) is 0 Å². The summed E-state index contributed by atoms with van der Waals surface area (Å²) >= 11 is 1.44. The zero-order valence-electron chi connectivity index (χ0n) is 14.0. The zero-order valence-corrected chi connectivity index (χ0v) is 14.9. The smallest absolute Gasteiger partial charge is 0.326 e. The normalized spacial score (nSPS) is 20.6. The molecule has 1 aliphatic heterocycles. The Labute approximate surface area is 150 Å². The Balaban J connectivity index is 1.68.